The highest BCUT2D eigenvalue weighted by Crippen LogP contribution is 2.36. The first-order chi connectivity index (χ1) is 9.62. The topological polar surface area (TPSA) is 40.6 Å². The molecule has 2 aliphatic heterocycles. The molecule has 0 aromatic carbocycles. The molecule has 2 fully saturated rings. The fraction of sp³-hybridized carbons (Fsp3) is 0.600. The van der Waals surface area contributed by atoms with E-state index >= 15 is 0 Å². The second-order valence-electron chi connectivity index (χ2n) is 5.84. The fourth-order valence-electron chi connectivity index (χ4n) is 3.49. The number of rotatable bonds is 1. The van der Waals surface area contributed by atoms with Crippen LogP contribution in [0, 0.1) is 0 Å². The summed E-state index contributed by atoms with van der Waals surface area (Å²) < 4.78 is 0. The molecule has 5 heteroatoms. The number of likely N-dealkylation sites (N-methyl/N-ethyl adjacent to an activating group) is 1. The fourth-order valence-corrected chi connectivity index (χ4v) is 4.18. The second-order valence-corrected chi connectivity index (χ2v) is 6.79. The summed E-state index contributed by atoms with van der Waals surface area (Å²) in [6.45, 7) is 1.49. The zero-order valence-electron chi connectivity index (χ0n) is 11.8. The van der Waals surface area contributed by atoms with Crippen LogP contribution in [0.25, 0.3) is 0 Å². The number of hydrogen-bond acceptors (Lipinski definition) is 3. The summed E-state index contributed by atoms with van der Waals surface area (Å²) in [5.41, 5.74) is -0.125. The molecule has 0 saturated carbocycles. The Labute approximate surface area is 123 Å². The maximum absolute atomic E-state index is 12.5. The quantitative estimate of drug-likeness (QED) is 0.797. The van der Waals surface area contributed by atoms with Crippen LogP contribution in [0.5, 0.6) is 0 Å². The Bertz CT molecular complexity index is 510. The number of likely N-dealkylation sites (tertiary alicyclic amines) is 2. The molecule has 1 aromatic heterocycles. The van der Waals surface area contributed by atoms with Crippen molar-refractivity contribution in [2.75, 3.05) is 20.1 Å². The van der Waals surface area contributed by atoms with Crippen LogP contribution in [-0.4, -0.2) is 47.3 Å². The smallest absolute Gasteiger partial charge is 0.263 e. The number of hydrogen-bond donors (Lipinski definition) is 0. The van der Waals surface area contributed by atoms with Crippen LogP contribution >= 0.6 is 11.3 Å². The minimum atomic E-state index is -0.125. The van der Waals surface area contributed by atoms with E-state index in [1.807, 2.05) is 34.4 Å². The normalized spacial score (nSPS) is 27.1. The first-order valence-electron chi connectivity index (χ1n) is 7.22. The molecule has 2 saturated heterocycles. The molecule has 1 unspecified atom stereocenters. The Hall–Kier alpha value is -1.36. The van der Waals surface area contributed by atoms with Crippen LogP contribution in [0.15, 0.2) is 17.5 Å². The molecule has 3 heterocycles. The van der Waals surface area contributed by atoms with E-state index in [4.69, 9.17) is 0 Å². The summed E-state index contributed by atoms with van der Waals surface area (Å²) in [5.74, 6) is 0.340. The summed E-state index contributed by atoms with van der Waals surface area (Å²) in [7, 11) is 1.90. The van der Waals surface area contributed by atoms with Gasteiger partial charge in [-0.05, 0) is 37.1 Å². The average Bonchev–Trinajstić information content (AvgIpc) is 2.98. The molecule has 3 rings (SSSR count). The van der Waals surface area contributed by atoms with Gasteiger partial charge in [0, 0.05) is 26.6 Å². The molecule has 1 atom stereocenters. The molecule has 0 N–H and O–H groups in total. The van der Waals surface area contributed by atoms with E-state index in [0.29, 0.717) is 13.0 Å². The number of carbonyl (C=O) groups is 2. The molecule has 0 aliphatic carbocycles. The van der Waals surface area contributed by atoms with Gasteiger partial charge in [-0.2, -0.15) is 0 Å². The third-order valence-electron chi connectivity index (χ3n) is 4.69. The SMILES string of the molecule is CN1C(=O)CCCC12CCCN(C(=O)c1cccs1)C2. The predicted octanol–water partition coefficient (Wildman–Crippen LogP) is 2.37. The zero-order chi connectivity index (χ0) is 14.2. The van der Waals surface area contributed by atoms with E-state index in [0.717, 1.165) is 37.1 Å². The Morgan fingerprint density at radius 1 is 1.35 bits per heavy atom. The van der Waals surface area contributed by atoms with Crippen molar-refractivity contribution < 1.29 is 9.59 Å². The van der Waals surface area contributed by atoms with Crippen LogP contribution in [0.4, 0.5) is 0 Å². The van der Waals surface area contributed by atoms with Crippen molar-refractivity contribution in [3.05, 3.63) is 22.4 Å². The van der Waals surface area contributed by atoms with Crippen molar-refractivity contribution in [1.29, 1.82) is 0 Å². The van der Waals surface area contributed by atoms with E-state index in [1.54, 1.807) is 0 Å². The van der Waals surface area contributed by atoms with Gasteiger partial charge in [0.1, 0.15) is 0 Å². The molecule has 4 nitrogen and oxygen atoms in total. The maximum Gasteiger partial charge on any atom is 0.263 e. The van der Waals surface area contributed by atoms with Crippen LogP contribution in [0.2, 0.25) is 0 Å². The molecule has 108 valence electrons. The maximum atomic E-state index is 12.5. The van der Waals surface area contributed by atoms with Crippen LogP contribution in [0.3, 0.4) is 0 Å². The van der Waals surface area contributed by atoms with Gasteiger partial charge in [0.15, 0.2) is 0 Å². The monoisotopic (exact) mass is 292 g/mol. The van der Waals surface area contributed by atoms with Crippen molar-refractivity contribution in [3.63, 3.8) is 0 Å². The third-order valence-corrected chi connectivity index (χ3v) is 5.55. The number of piperidine rings is 2. The Morgan fingerprint density at radius 2 is 2.15 bits per heavy atom. The second kappa shape index (κ2) is 5.20. The van der Waals surface area contributed by atoms with Gasteiger partial charge in [-0.15, -0.1) is 11.3 Å². The number of nitrogens with zero attached hydrogens (tertiary/aromatic N) is 2. The minimum absolute atomic E-state index is 0.116. The highest BCUT2D eigenvalue weighted by molar-refractivity contribution is 7.12. The van der Waals surface area contributed by atoms with E-state index in [9.17, 15) is 9.59 Å². The standard InChI is InChI=1S/C15H20N2O2S/c1-16-13(18)6-2-7-15(16)8-4-9-17(11-15)14(19)12-5-3-10-20-12/h3,5,10H,2,4,6-9,11H2,1H3. The first kappa shape index (κ1) is 13.6. The van der Waals surface area contributed by atoms with Gasteiger partial charge in [-0.1, -0.05) is 6.07 Å². The predicted molar refractivity (Wildman–Crippen MR) is 78.8 cm³/mol. The average molecular weight is 292 g/mol. The largest absolute Gasteiger partial charge is 0.338 e. The van der Waals surface area contributed by atoms with Crippen molar-refractivity contribution in [2.45, 2.75) is 37.6 Å². The van der Waals surface area contributed by atoms with Crippen molar-refractivity contribution >= 4 is 23.2 Å². The van der Waals surface area contributed by atoms with E-state index < -0.39 is 0 Å². The van der Waals surface area contributed by atoms with Crippen molar-refractivity contribution in [3.8, 4) is 0 Å². The van der Waals surface area contributed by atoms with Gasteiger partial charge in [-0.25, -0.2) is 0 Å². The summed E-state index contributed by atoms with van der Waals surface area (Å²) in [5, 5.41) is 1.93. The first-order valence-corrected chi connectivity index (χ1v) is 8.10. The highest BCUT2D eigenvalue weighted by atomic mass is 32.1. The minimum Gasteiger partial charge on any atom is -0.338 e. The molecule has 0 bridgehead atoms. The summed E-state index contributed by atoms with van der Waals surface area (Å²) in [6, 6.07) is 3.79. The van der Waals surface area contributed by atoms with Gasteiger partial charge in [0.25, 0.3) is 5.91 Å². The van der Waals surface area contributed by atoms with Crippen molar-refractivity contribution in [1.82, 2.24) is 9.80 Å². The lowest BCUT2D eigenvalue weighted by molar-refractivity contribution is -0.142. The van der Waals surface area contributed by atoms with Crippen LogP contribution in [0.1, 0.15) is 41.8 Å². The van der Waals surface area contributed by atoms with Crippen molar-refractivity contribution in [2.24, 2.45) is 0 Å². The molecule has 20 heavy (non-hydrogen) atoms. The summed E-state index contributed by atoms with van der Waals surface area (Å²) in [6.07, 6.45) is 4.61. The number of thiophene rings is 1. The Balaban J connectivity index is 1.79. The molecular weight excluding hydrogens is 272 g/mol. The Morgan fingerprint density at radius 3 is 2.90 bits per heavy atom. The lowest BCUT2D eigenvalue weighted by atomic mass is 9.80. The molecular formula is C15H20N2O2S. The van der Waals surface area contributed by atoms with Gasteiger partial charge < -0.3 is 9.80 Å². The molecule has 2 amide bonds. The van der Waals surface area contributed by atoms with E-state index in [2.05, 4.69) is 0 Å². The van der Waals surface area contributed by atoms with E-state index in [-0.39, 0.29) is 17.4 Å². The number of carbonyl (C=O) groups excluding carboxylic acids is 2. The van der Waals surface area contributed by atoms with Gasteiger partial charge in [0.2, 0.25) is 5.91 Å². The van der Waals surface area contributed by atoms with Gasteiger partial charge in [-0.3, -0.25) is 9.59 Å². The zero-order valence-corrected chi connectivity index (χ0v) is 12.6. The van der Waals surface area contributed by atoms with Gasteiger partial charge in [0.05, 0.1) is 10.4 Å². The van der Waals surface area contributed by atoms with E-state index in [1.165, 1.54) is 11.3 Å². The molecule has 1 spiro atoms. The Kier molecular flexibility index (Phi) is 3.54. The summed E-state index contributed by atoms with van der Waals surface area (Å²) >= 11 is 1.49. The molecule has 1 aromatic rings. The number of amides is 2. The third kappa shape index (κ3) is 2.24. The lowest BCUT2D eigenvalue weighted by Gasteiger charge is -2.50. The molecule has 0 radical (unpaired) electrons. The highest BCUT2D eigenvalue weighted by Gasteiger charge is 2.44. The van der Waals surface area contributed by atoms with Gasteiger partial charge >= 0.3 is 0 Å². The van der Waals surface area contributed by atoms with Crippen LogP contribution < -0.4 is 0 Å². The lowest BCUT2D eigenvalue weighted by Crippen LogP contribution is -2.61. The summed E-state index contributed by atoms with van der Waals surface area (Å²) in [4.78, 5) is 29.1. The molecule has 2 aliphatic rings. The van der Waals surface area contributed by atoms with Crippen LogP contribution in [-0.2, 0) is 4.79 Å².